The van der Waals surface area contributed by atoms with Crippen LogP contribution >= 0.6 is 0 Å². The largest absolute Gasteiger partial charge is 0.331 e. The van der Waals surface area contributed by atoms with Crippen LogP contribution in [0.5, 0.6) is 0 Å². The summed E-state index contributed by atoms with van der Waals surface area (Å²) in [6.07, 6.45) is 14.2. The maximum Gasteiger partial charge on any atom is 0.0780 e. The van der Waals surface area contributed by atoms with Crippen molar-refractivity contribution in [1.82, 2.24) is 5.32 Å². The van der Waals surface area contributed by atoms with Gasteiger partial charge in [-0.2, -0.15) is 0 Å². The van der Waals surface area contributed by atoms with Gasteiger partial charge in [0.2, 0.25) is 0 Å². The van der Waals surface area contributed by atoms with Crippen LogP contribution < -0.4 is 5.32 Å². The Morgan fingerprint density at radius 3 is 1.61 bits per heavy atom. The fourth-order valence-electron chi connectivity index (χ4n) is 2.25. The molecule has 0 aliphatic rings. The van der Waals surface area contributed by atoms with Crippen molar-refractivity contribution in [2.75, 3.05) is 40.4 Å². The molecule has 0 spiro atoms. The molecule has 0 radical (unpaired) electrons. The third-order valence-corrected chi connectivity index (χ3v) is 3.93. The average molecular weight is 274 g/mol. The Morgan fingerprint density at radius 1 is 0.722 bits per heavy atom. The van der Waals surface area contributed by atoms with E-state index in [1.807, 2.05) is 0 Å². The van der Waals surface area contributed by atoms with Gasteiger partial charge < -0.3 is 9.80 Å². The number of hydrogen-bond acceptors (Lipinski definition) is 1. The molecule has 0 atom stereocenters. The van der Waals surface area contributed by atoms with E-state index < -0.39 is 0 Å². The molecule has 0 unspecified atom stereocenters. The molecule has 0 saturated carbocycles. The highest BCUT2D eigenvalue weighted by atomic mass is 28.1. The summed E-state index contributed by atoms with van der Waals surface area (Å²) in [5.41, 5.74) is 0. The topological polar surface area (TPSA) is 12.0 Å². The average Bonchev–Trinajstić information content (AvgIpc) is 2.29. The zero-order valence-corrected chi connectivity index (χ0v) is 15.4. The first-order valence-electron chi connectivity index (χ1n) is 8.07. The van der Waals surface area contributed by atoms with E-state index in [-0.39, 0.29) is 0 Å². The lowest BCUT2D eigenvalue weighted by molar-refractivity contribution is -0.870. The lowest BCUT2D eigenvalue weighted by atomic mass is 10.1. The second-order valence-corrected chi connectivity index (χ2v) is 7.26. The number of rotatable bonds is 13. The number of hydrogen-bond donors (Lipinski definition) is 1. The maximum atomic E-state index is 3.45. The van der Waals surface area contributed by atoms with E-state index in [1.165, 1.54) is 87.3 Å². The molecule has 0 amide bonds. The first kappa shape index (κ1) is 18.1. The molecule has 110 valence electrons. The Balaban J connectivity index is 2.99. The molecule has 18 heavy (non-hydrogen) atoms. The van der Waals surface area contributed by atoms with Gasteiger partial charge in [-0.1, -0.05) is 38.5 Å². The summed E-state index contributed by atoms with van der Waals surface area (Å²) in [5.74, 6) is 0. The molecule has 0 fully saturated rings. The minimum atomic E-state index is 1.12. The molecule has 0 aromatic heterocycles. The van der Waals surface area contributed by atoms with Crippen LogP contribution in [0.2, 0.25) is 0 Å². The SMILES string of the molecule is C[N+](C)(C)CCCCCCCCCCCNC[SiH3]. The highest BCUT2D eigenvalue weighted by Crippen LogP contribution is 2.10. The van der Waals surface area contributed by atoms with E-state index in [9.17, 15) is 0 Å². The van der Waals surface area contributed by atoms with E-state index in [0.29, 0.717) is 0 Å². The summed E-state index contributed by atoms with van der Waals surface area (Å²) in [6, 6.07) is 0. The molecule has 0 aliphatic carbocycles. The van der Waals surface area contributed by atoms with Gasteiger partial charge in [-0.05, 0) is 32.0 Å². The van der Waals surface area contributed by atoms with Crippen LogP contribution in [0, 0.1) is 0 Å². The zero-order valence-electron chi connectivity index (χ0n) is 13.4. The van der Waals surface area contributed by atoms with Gasteiger partial charge in [0, 0.05) is 10.2 Å². The number of nitrogens with one attached hydrogen (secondary N) is 1. The number of unbranched alkanes of at least 4 members (excludes halogenated alkanes) is 8. The van der Waals surface area contributed by atoms with E-state index >= 15 is 0 Å². The van der Waals surface area contributed by atoms with Gasteiger partial charge >= 0.3 is 0 Å². The third-order valence-electron chi connectivity index (χ3n) is 3.43. The van der Waals surface area contributed by atoms with Crippen LogP contribution in [0.3, 0.4) is 0 Å². The molecular formula is C15H37N2Si+. The molecular weight excluding hydrogens is 236 g/mol. The van der Waals surface area contributed by atoms with Gasteiger partial charge in [-0.15, -0.1) is 0 Å². The lowest BCUT2D eigenvalue weighted by Crippen LogP contribution is -2.35. The Labute approximate surface area is 119 Å². The fourth-order valence-corrected chi connectivity index (χ4v) is 2.60. The molecule has 0 aliphatic heterocycles. The minimum Gasteiger partial charge on any atom is -0.331 e. The predicted octanol–water partition coefficient (Wildman–Crippen LogP) is 2.12. The highest BCUT2D eigenvalue weighted by Gasteiger charge is 2.04. The Bertz CT molecular complexity index is 166. The van der Waals surface area contributed by atoms with E-state index in [0.717, 1.165) is 4.48 Å². The smallest absolute Gasteiger partial charge is 0.0780 e. The second kappa shape index (κ2) is 12.2. The fraction of sp³-hybridized carbons (Fsp3) is 1.00. The molecule has 0 bridgehead atoms. The highest BCUT2D eigenvalue weighted by molar-refractivity contribution is 6.08. The van der Waals surface area contributed by atoms with E-state index in [2.05, 4.69) is 26.5 Å². The lowest BCUT2D eigenvalue weighted by Gasteiger charge is -2.23. The molecule has 2 nitrogen and oxygen atoms in total. The molecule has 0 heterocycles. The van der Waals surface area contributed by atoms with Gasteiger partial charge in [0.15, 0.2) is 0 Å². The normalized spacial score (nSPS) is 12.2. The number of nitrogens with zero attached hydrogens (tertiary/aromatic N) is 1. The van der Waals surface area contributed by atoms with Gasteiger partial charge in [0.1, 0.15) is 0 Å². The van der Waals surface area contributed by atoms with Crippen molar-refractivity contribution in [1.29, 1.82) is 0 Å². The summed E-state index contributed by atoms with van der Waals surface area (Å²) in [7, 11) is 8.16. The van der Waals surface area contributed by atoms with Crippen LogP contribution in [0.25, 0.3) is 0 Å². The van der Waals surface area contributed by atoms with Gasteiger partial charge in [0.05, 0.1) is 27.7 Å². The summed E-state index contributed by atoms with van der Waals surface area (Å²) in [6.45, 7) is 2.57. The van der Waals surface area contributed by atoms with Crippen molar-refractivity contribution in [2.24, 2.45) is 0 Å². The molecule has 0 saturated heterocycles. The first-order valence-corrected chi connectivity index (χ1v) is 9.49. The van der Waals surface area contributed by atoms with Gasteiger partial charge in [-0.3, -0.25) is 0 Å². The van der Waals surface area contributed by atoms with E-state index in [4.69, 9.17) is 0 Å². The van der Waals surface area contributed by atoms with Crippen LogP contribution in [-0.4, -0.2) is 55.1 Å². The summed E-state index contributed by atoms with van der Waals surface area (Å²) >= 11 is 0. The molecule has 0 aromatic rings. The maximum absolute atomic E-state index is 3.45. The Kier molecular flexibility index (Phi) is 12.3. The number of quaternary nitrogens is 1. The standard InChI is InChI=1S/C15H37N2Si/c1-17(2,3)14-12-10-8-6-4-5-7-9-11-13-16-15-18/h16H,4-15H2,1-3,18H3/q+1. The molecule has 1 N–H and O–H groups in total. The van der Waals surface area contributed by atoms with Crippen molar-refractivity contribution in [3.63, 3.8) is 0 Å². The van der Waals surface area contributed by atoms with Gasteiger partial charge in [0.25, 0.3) is 0 Å². The Morgan fingerprint density at radius 2 is 1.17 bits per heavy atom. The molecule has 0 rings (SSSR count). The summed E-state index contributed by atoms with van der Waals surface area (Å²) in [4.78, 5) is 0. The predicted molar refractivity (Wildman–Crippen MR) is 87.3 cm³/mol. The third kappa shape index (κ3) is 16.1. The zero-order chi connectivity index (χ0) is 13.7. The van der Waals surface area contributed by atoms with Crippen LogP contribution in [0.4, 0.5) is 0 Å². The van der Waals surface area contributed by atoms with Crippen molar-refractivity contribution < 1.29 is 4.48 Å². The quantitative estimate of drug-likeness (QED) is 0.308. The van der Waals surface area contributed by atoms with Crippen LogP contribution in [0.15, 0.2) is 0 Å². The van der Waals surface area contributed by atoms with Crippen molar-refractivity contribution in [2.45, 2.75) is 57.8 Å². The minimum absolute atomic E-state index is 1.12. The second-order valence-electron chi connectivity index (χ2n) is 6.55. The van der Waals surface area contributed by atoms with E-state index in [1.54, 1.807) is 0 Å². The van der Waals surface area contributed by atoms with Crippen molar-refractivity contribution >= 4 is 10.2 Å². The van der Waals surface area contributed by atoms with Crippen molar-refractivity contribution in [3.05, 3.63) is 0 Å². The summed E-state index contributed by atoms with van der Waals surface area (Å²) < 4.78 is 1.12. The van der Waals surface area contributed by atoms with Crippen molar-refractivity contribution in [3.8, 4) is 0 Å². The first-order chi connectivity index (χ1) is 8.56. The van der Waals surface area contributed by atoms with Crippen LogP contribution in [-0.2, 0) is 0 Å². The monoisotopic (exact) mass is 273 g/mol. The Hall–Kier alpha value is 0.137. The van der Waals surface area contributed by atoms with Gasteiger partial charge in [-0.25, -0.2) is 0 Å². The van der Waals surface area contributed by atoms with Crippen LogP contribution in [0.1, 0.15) is 57.8 Å². The summed E-state index contributed by atoms with van der Waals surface area (Å²) in [5, 5.41) is 3.45. The molecule has 0 aromatic carbocycles. The molecule has 3 heteroatoms.